The van der Waals surface area contributed by atoms with Gasteiger partial charge in [0.2, 0.25) is 0 Å². The molecule has 0 radical (unpaired) electrons. The van der Waals surface area contributed by atoms with E-state index in [0.717, 1.165) is 0 Å². The van der Waals surface area contributed by atoms with E-state index in [1.54, 1.807) is 27.7 Å². The van der Waals surface area contributed by atoms with Crippen molar-refractivity contribution in [3.05, 3.63) is 0 Å². The molecule has 3 N–H and O–H groups in total. The van der Waals surface area contributed by atoms with Crippen LogP contribution in [0.2, 0.25) is 0 Å². The predicted octanol–water partition coefficient (Wildman–Crippen LogP) is -0.556. The van der Waals surface area contributed by atoms with Gasteiger partial charge in [0.05, 0.1) is 24.2 Å². The van der Waals surface area contributed by atoms with Gasteiger partial charge in [-0.2, -0.15) is 0 Å². The molecule has 1 heterocycles. The first-order valence-corrected chi connectivity index (χ1v) is 6.15. The van der Waals surface area contributed by atoms with Crippen molar-refractivity contribution in [2.45, 2.75) is 64.3 Å². The summed E-state index contributed by atoms with van der Waals surface area (Å²) in [4.78, 5) is 11.7. The molecule has 6 atom stereocenters. The molecule has 0 bridgehead atoms. The Morgan fingerprint density at radius 3 is 2.17 bits per heavy atom. The van der Waals surface area contributed by atoms with Crippen molar-refractivity contribution < 1.29 is 29.6 Å². The molecule has 1 saturated heterocycles. The number of aliphatic hydroxyl groups is 3. The van der Waals surface area contributed by atoms with Crippen molar-refractivity contribution in [3.8, 4) is 0 Å². The lowest BCUT2D eigenvalue weighted by Crippen LogP contribution is -2.59. The van der Waals surface area contributed by atoms with E-state index in [4.69, 9.17) is 9.47 Å². The summed E-state index contributed by atoms with van der Waals surface area (Å²) in [6.45, 7) is 6.59. The monoisotopic (exact) mass is 262 g/mol. The van der Waals surface area contributed by atoms with Gasteiger partial charge in [0.1, 0.15) is 18.3 Å². The smallest absolute Gasteiger partial charge is 0.311 e. The number of esters is 1. The van der Waals surface area contributed by atoms with Gasteiger partial charge >= 0.3 is 5.97 Å². The molecule has 1 fully saturated rings. The first kappa shape index (κ1) is 15.4. The van der Waals surface area contributed by atoms with E-state index in [1.165, 1.54) is 0 Å². The number of carbonyl (C=O) groups is 1. The van der Waals surface area contributed by atoms with Crippen LogP contribution >= 0.6 is 0 Å². The highest BCUT2D eigenvalue weighted by atomic mass is 16.6. The summed E-state index contributed by atoms with van der Waals surface area (Å²) in [7, 11) is 0. The quantitative estimate of drug-likeness (QED) is 0.590. The summed E-state index contributed by atoms with van der Waals surface area (Å²) >= 11 is 0. The molecule has 0 aromatic heterocycles. The van der Waals surface area contributed by atoms with Crippen molar-refractivity contribution >= 4 is 5.97 Å². The van der Waals surface area contributed by atoms with Crippen molar-refractivity contribution in [1.29, 1.82) is 0 Å². The maximum atomic E-state index is 11.7. The van der Waals surface area contributed by atoms with Crippen molar-refractivity contribution in [1.82, 2.24) is 0 Å². The molecular formula is C12H22O6. The Kier molecular flexibility index (Phi) is 5.10. The number of hydrogen-bond acceptors (Lipinski definition) is 6. The molecule has 1 rings (SSSR count). The highest BCUT2D eigenvalue weighted by Gasteiger charge is 2.45. The van der Waals surface area contributed by atoms with Gasteiger partial charge in [-0.3, -0.25) is 4.79 Å². The Labute approximate surface area is 107 Å². The van der Waals surface area contributed by atoms with Crippen molar-refractivity contribution in [3.63, 3.8) is 0 Å². The Balaban J connectivity index is 2.73. The molecular weight excluding hydrogens is 240 g/mol. The maximum absolute atomic E-state index is 11.7. The molecule has 0 aliphatic carbocycles. The third-order valence-corrected chi connectivity index (χ3v) is 3.11. The van der Waals surface area contributed by atoms with Crippen LogP contribution in [0.25, 0.3) is 0 Å². The lowest BCUT2D eigenvalue weighted by atomic mass is 9.89. The number of hydrogen-bond donors (Lipinski definition) is 3. The third kappa shape index (κ3) is 3.20. The number of rotatable bonds is 3. The van der Waals surface area contributed by atoms with E-state index in [-0.39, 0.29) is 6.10 Å². The first-order valence-electron chi connectivity index (χ1n) is 6.15. The third-order valence-electron chi connectivity index (χ3n) is 3.11. The van der Waals surface area contributed by atoms with Crippen LogP contribution in [0.1, 0.15) is 27.7 Å². The molecule has 18 heavy (non-hydrogen) atoms. The molecule has 1 aliphatic heterocycles. The Hall–Kier alpha value is -0.690. The Bertz CT molecular complexity index is 292. The highest BCUT2D eigenvalue weighted by Crippen LogP contribution is 2.26. The average Bonchev–Trinajstić information content (AvgIpc) is 2.29. The summed E-state index contributed by atoms with van der Waals surface area (Å²) < 4.78 is 10.4. The second-order valence-electron chi connectivity index (χ2n) is 5.05. The maximum Gasteiger partial charge on any atom is 0.311 e. The van der Waals surface area contributed by atoms with E-state index in [1.807, 2.05) is 0 Å². The molecule has 2 unspecified atom stereocenters. The molecule has 0 aromatic rings. The van der Waals surface area contributed by atoms with Crippen LogP contribution in [0.15, 0.2) is 0 Å². The molecule has 0 saturated carbocycles. The summed E-state index contributed by atoms with van der Waals surface area (Å²) in [6.07, 6.45) is -5.59. The van der Waals surface area contributed by atoms with E-state index in [0.29, 0.717) is 0 Å². The van der Waals surface area contributed by atoms with Crippen molar-refractivity contribution in [2.24, 2.45) is 5.92 Å². The molecule has 0 amide bonds. The average molecular weight is 262 g/mol. The summed E-state index contributed by atoms with van der Waals surface area (Å²) in [5.41, 5.74) is 0. The van der Waals surface area contributed by atoms with Crippen LogP contribution < -0.4 is 0 Å². The van der Waals surface area contributed by atoms with Gasteiger partial charge < -0.3 is 24.8 Å². The zero-order chi connectivity index (χ0) is 14.0. The van der Waals surface area contributed by atoms with E-state index in [2.05, 4.69) is 0 Å². The minimum atomic E-state index is -1.33. The Morgan fingerprint density at radius 2 is 1.67 bits per heavy atom. The second kappa shape index (κ2) is 5.97. The largest absolute Gasteiger partial charge is 0.463 e. The molecule has 0 aromatic carbocycles. The molecule has 1 aliphatic rings. The topological polar surface area (TPSA) is 96.2 Å². The molecule has 0 spiro atoms. The minimum Gasteiger partial charge on any atom is -0.463 e. The predicted molar refractivity (Wildman–Crippen MR) is 62.7 cm³/mol. The zero-order valence-electron chi connectivity index (χ0n) is 11.1. The van der Waals surface area contributed by atoms with Gasteiger partial charge in [0.15, 0.2) is 0 Å². The second-order valence-corrected chi connectivity index (χ2v) is 5.05. The fourth-order valence-corrected chi connectivity index (χ4v) is 1.97. The minimum absolute atomic E-state index is 0.256. The Morgan fingerprint density at radius 1 is 1.11 bits per heavy atom. The number of aliphatic hydroxyl groups excluding tert-OH is 3. The number of carbonyl (C=O) groups excluding carboxylic acids is 1. The SMILES string of the molecule is CC(C)OC(=O)C(C)C1O[C@@H](C)[C@H](O)[C@@H](O)[C@H]1O. The van der Waals surface area contributed by atoms with Crippen LogP contribution in [0.3, 0.4) is 0 Å². The fraction of sp³-hybridized carbons (Fsp3) is 0.917. The summed E-state index contributed by atoms with van der Waals surface area (Å²) in [6, 6.07) is 0. The fourth-order valence-electron chi connectivity index (χ4n) is 1.97. The standard InChI is InChI=1S/C12H22O6/c1-5(2)17-12(16)6(3)11-10(15)9(14)8(13)7(4)18-11/h5-11,13-15H,1-4H3/t6?,7-,8-,9+,10+,11?/m0/s1. The highest BCUT2D eigenvalue weighted by molar-refractivity contribution is 5.73. The van der Waals surface area contributed by atoms with Gasteiger partial charge in [0, 0.05) is 0 Å². The molecule has 106 valence electrons. The van der Waals surface area contributed by atoms with Crippen LogP contribution in [0.4, 0.5) is 0 Å². The van der Waals surface area contributed by atoms with Gasteiger partial charge in [-0.05, 0) is 27.7 Å². The van der Waals surface area contributed by atoms with E-state index in [9.17, 15) is 20.1 Å². The normalized spacial score (nSPS) is 38.6. The van der Waals surface area contributed by atoms with Crippen LogP contribution in [0, 0.1) is 5.92 Å². The lowest BCUT2D eigenvalue weighted by molar-refractivity contribution is -0.231. The van der Waals surface area contributed by atoms with Gasteiger partial charge in [-0.1, -0.05) is 0 Å². The van der Waals surface area contributed by atoms with Crippen LogP contribution in [-0.2, 0) is 14.3 Å². The van der Waals surface area contributed by atoms with E-state index >= 15 is 0 Å². The summed E-state index contributed by atoms with van der Waals surface area (Å²) in [5.74, 6) is -1.21. The van der Waals surface area contributed by atoms with Crippen molar-refractivity contribution in [2.75, 3.05) is 0 Å². The summed E-state index contributed by atoms with van der Waals surface area (Å²) in [5, 5.41) is 29.1. The van der Waals surface area contributed by atoms with E-state index < -0.39 is 42.4 Å². The first-order chi connectivity index (χ1) is 8.25. The van der Waals surface area contributed by atoms with Crippen LogP contribution in [-0.4, -0.2) is 57.9 Å². The zero-order valence-corrected chi connectivity index (χ0v) is 11.1. The lowest BCUT2D eigenvalue weighted by Gasteiger charge is -2.41. The molecule has 6 heteroatoms. The van der Waals surface area contributed by atoms with Crippen LogP contribution in [0.5, 0.6) is 0 Å². The van der Waals surface area contributed by atoms with Gasteiger partial charge in [-0.25, -0.2) is 0 Å². The van der Waals surface area contributed by atoms with Gasteiger partial charge in [0.25, 0.3) is 0 Å². The number of ether oxygens (including phenoxy) is 2. The molecule has 6 nitrogen and oxygen atoms in total. The van der Waals surface area contributed by atoms with Gasteiger partial charge in [-0.15, -0.1) is 0 Å².